The van der Waals surface area contributed by atoms with E-state index >= 15 is 0 Å². The Morgan fingerprint density at radius 2 is 2.10 bits per heavy atom. The van der Waals surface area contributed by atoms with Crippen molar-refractivity contribution in [2.45, 2.75) is 12.5 Å². The van der Waals surface area contributed by atoms with Gasteiger partial charge in [-0.3, -0.25) is 0 Å². The highest BCUT2D eigenvalue weighted by Gasteiger charge is 2.36. The molecule has 0 saturated heterocycles. The molecule has 5 aromatic heterocycles. The van der Waals surface area contributed by atoms with Crippen LogP contribution < -0.4 is 4.90 Å². The lowest BCUT2D eigenvalue weighted by Crippen LogP contribution is -2.36. The third kappa shape index (κ3) is 2.87. The predicted octanol–water partition coefficient (Wildman–Crippen LogP) is 3.45. The Morgan fingerprint density at radius 1 is 1.16 bits per heavy atom. The maximum absolute atomic E-state index is 14.1. The molecule has 31 heavy (non-hydrogen) atoms. The molecule has 0 bridgehead atoms. The van der Waals surface area contributed by atoms with Crippen molar-refractivity contribution in [2.24, 2.45) is 0 Å². The second kappa shape index (κ2) is 6.88. The summed E-state index contributed by atoms with van der Waals surface area (Å²) in [4.78, 5) is 13.3. The monoisotopic (exact) mass is 436 g/mol. The number of nitrogens with zero attached hydrogens (tertiary/aromatic N) is 7. The fourth-order valence-electron chi connectivity index (χ4n) is 3.90. The summed E-state index contributed by atoms with van der Waals surface area (Å²) in [5.74, 6) is -0.609. The van der Waals surface area contributed by atoms with Crippen molar-refractivity contribution >= 4 is 23.1 Å². The van der Waals surface area contributed by atoms with Gasteiger partial charge in [0.2, 0.25) is 5.95 Å². The van der Waals surface area contributed by atoms with Crippen LogP contribution in [0.25, 0.3) is 17.0 Å². The topological polar surface area (TPSA) is 101 Å². The Balaban J connectivity index is 1.46. The summed E-state index contributed by atoms with van der Waals surface area (Å²) in [6.07, 6.45) is 3.73. The first-order valence-electron chi connectivity index (χ1n) is 9.56. The van der Waals surface area contributed by atoms with Crippen LogP contribution in [-0.2, 0) is 6.42 Å². The van der Waals surface area contributed by atoms with Crippen molar-refractivity contribution in [3.8, 4) is 11.5 Å². The molecular formula is C20H14ClFN8O. The summed E-state index contributed by atoms with van der Waals surface area (Å²) in [5.41, 5.74) is 3.57. The maximum Gasteiger partial charge on any atom is 0.319 e. The minimum absolute atomic E-state index is 0.0604. The molecular weight excluding hydrogens is 423 g/mol. The Kier molecular flexibility index (Phi) is 4.00. The van der Waals surface area contributed by atoms with Crippen molar-refractivity contribution < 1.29 is 8.81 Å². The van der Waals surface area contributed by atoms with Crippen LogP contribution >= 0.6 is 11.6 Å². The van der Waals surface area contributed by atoms with Crippen LogP contribution in [-0.4, -0.2) is 41.3 Å². The molecule has 6 rings (SSSR count). The average Bonchev–Trinajstić information content (AvgIpc) is 3.52. The Labute approximate surface area is 179 Å². The molecule has 0 unspecified atom stereocenters. The van der Waals surface area contributed by atoms with Gasteiger partial charge >= 0.3 is 6.01 Å². The Bertz CT molecular complexity index is 1410. The number of pyridine rings is 2. The lowest BCUT2D eigenvalue weighted by Gasteiger charge is -2.32. The van der Waals surface area contributed by atoms with Crippen LogP contribution in [0.2, 0.25) is 5.15 Å². The lowest BCUT2D eigenvalue weighted by atomic mass is 10.0. The molecule has 11 heteroatoms. The van der Waals surface area contributed by atoms with E-state index in [0.29, 0.717) is 18.1 Å². The van der Waals surface area contributed by atoms with Crippen molar-refractivity contribution in [3.05, 3.63) is 77.1 Å². The van der Waals surface area contributed by atoms with Crippen molar-refractivity contribution in [1.29, 1.82) is 0 Å². The largest absolute Gasteiger partial charge is 0.403 e. The highest BCUT2D eigenvalue weighted by molar-refractivity contribution is 6.29. The van der Waals surface area contributed by atoms with Gasteiger partial charge in [0.05, 0.1) is 28.8 Å². The average molecular weight is 437 g/mol. The van der Waals surface area contributed by atoms with Crippen molar-refractivity contribution in [2.75, 3.05) is 11.4 Å². The number of anilines is 1. The van der Waals surface area contributed by atoms with Crippen LogP contribution in [0.4, 0.5) is 10.4 Å². The van der Waals surface area contributed by atoms with Crippen LogP contribution in [0, 0.1) is 5.95 Å². The van der Waals surface area contributed by atoms with Gasteiger partial charge in [0.25, 0.3) is 5.89 Å². The van der Waals surface area contributed by atoms with Gasteiger partial charge in [0.15, 0.2) is 0 Å². The second-order valence-electron chi connectivity index (χ2n) is 7.10. The number of H-pyrrole nitrogens is 1. The van der Waals surface area contributed by atoms with E-state index in [0.717, 1.165) is 22.6 Å². The van der Waals surface area contributed by atoms with E-state index in [9.17, 15) is 4.39 Å². The molecule has 154 valence electrons. The molecule has 0 fully saturated rings. The van der Waals surface area contributed by atoms with E-state index in [1.54, 1.807) is 29.0 Å². The minimum atomic E-state index is -0.669. The van der Waals surface area contributed by atoms with E-state index in [-0.39, 0.29) is 23.5 Å². The number of hydrogen-bond donors (Lipinski definition) is 1. The van der Waals surface area contributed by atoms with E-state index < -0.39 is 5.95 Å². The molecule has 0 saturated carbocycles. The number of nitrogens with one attached hydrogen (secondary N) is 1. The summed E-state index contributed by atoms with van der Waals surface area (Å²) >= 11 is 6.31. The van der Waals surface area contributed by atoms with Gasteiger partial charge in [-0.05, 0) is 30.3 Å². The minimum Gasteiger partial charge on any atom is -0.403 e. The normalized spacial score (nSPS) is 16.1. The molecule has 0 aromatic carbocycles. The summed E-state index contributed by atoms with van der Waals surface area (Å²) in [5, 5.41) is 13.4. The number of imidazole rings is 1. The third-order valence-corrected chi connectivity index (χ3v) is 5.60. The van der Waals surface area contributed by atoms with Crippen LogP contribution in [0.15, 0.2) is 53.3 Å². The SMILES string of the molecule is Fc1ncccc1-c1nnc(N2CCc3[nH]cnc3[C@@H]2c2cc3cccc(Cl)n3n2)o1. The second-order valence-corrected chi connectivity index (χ2v) is 7.49. The Morgan fingerprint density at radius 3 is 2.97 bits per heavy atom. The molecule has 9 nitrogen and oxygen atoms in total. The quantitative estimate of drug-likeness (QED) is 0.432. The van der Waals surface area contributed by atoms with Gasteiger partial charge in [-0.2, -0.15) is 9.49 Å². The standard InChI is InChI=1S/C20H14ClFN8O/c21-15-5-1-3-11-9-14(28-30(11)15)17-16-13(24-10-25-16)6-8-29(17)20-27-26-19(31-20)12-4-2-7-23-18(12)22/h1-5,7,9-10,17H,6,8H2,(H,24,25)/t17-/m0/s1. The summed E-state index contributed by atoms with van der Waals surface area (Å²) < 4.78 is 21.6. The van der Waals surface area contributed by atoms with Gasteiger partial charge in [0.1, 0.15) is 11.2 Å². The Hall–Kier alpha value is -3.79. The third-order valence-electron chi connectivity index (χ3n) is 5.31. The molecule has 5 aromatic rings. The van der Waals surface area contributed by atoms with E-state index in [1.165, 1.54) is 6.20 Å². The molecule has 1 N–H and O–H groups in total. The van der Waals surface area contributed by atoms with Gasteiger partial charge in [-0.15, -0.1) is 5.10 Å². The first kappa shape index (κ1) is 18.0. The smallest absolute Gasteiger partial charge is 0.319 e. The number of hydrogen-bond acceptors (Lipinski definition) is 7. The zero-order chi connectivity index (χ0) is 20.9. The zero-order valence-electron chi connectivity index (χ0n) is 15.9. The highest BCUT2D eigenvalue weighted by Crippen LogP contribution is 2.37. The maximum atomic E-state index is 14.1. The molecule has 0 spiro atoms. The fraction of sp³-hybridized carbons (Fsp3) is 0.150. The number of fused-ring (bicyclic) bond motifs is 2. The van der Waals surface area contributed by atoms with E-state index in [4.69, 9.17) is 21.1 Å². The van der Waals surface area contributed by atoms with E-state index in [2.05, 4.69) is 25.1 Å². The summed E-state index contributed by atoms with van der Waals surface area (Å²) in [6, 6.07) is 10.6. The first-order valence-corrected chi connectivity index (χ1v) is 9.94. The van der Waals surface area contributed by atoms with Crippen LogP contribution in [0.1, 0.15) is 23.1 Å². The zero-order valence-corrected chi connectivity index (χ0v) is 16.7. The lowest BCUT2D eigenvalue weighted by molar-refractivity contribution is 0.499. The van der Waals surface area contributed by atoms with Crippen LogP contribution in [0.3, 0.4) is 0 Å². The molecule has 0 amide bonds. The summed E-state index contributed by atoms with van der Waals surface area (Å²) in [6.45, 7) is 0.582. The van der Waals surface area contributed by atoms with Gasteiger partial charge in [-0.25, -0.2) is 14.5 Å². The molecule has 0 radical (unpaired) electrons. The fourth-order valence-corrected chi connectivity index (χ4v) is 4.11. The van der Waals surface area contributed by atoms with Crippen molar-refractivity contribution in [1.82, 2.24) is 34.8 Å². The number of aromatic amines is 1. The van der Waals surface area contributed by atoms with E-state index in [1.807, 2.05) is 23.1 Å². The molecule has 1 aliphatic heterocycles. The van der Waals surface area contributed by atoms with Crippen LogP contribution in [0.5, 0.6) is 0 Å². The number of rotatable bonds is 3. The van der Waals surface area contributed by atoms with Gasteiger partial charge in [0, 0.05) is 24.9 Å². The molecule has 1 aliphatic rings. The molecule has 6 heterocycles. The first-order chi connectivity index (χ1) is 15.2. The number of aromatic nitrogens is 7. The number of halogens is 2. The molecule has 0 aliphatic carbocycles. The van der Waals surface area contributed by atoms with Gasteiger partial charge in [-0.1, -0.05) is 22.8 Å². The highest BCUT2D eigenvalue weighted by atomic mass is 35.5. The van der Waals surface area contributed by atoms with Crippen molar-refractivity contribution in [3.63, 3.8) is 0 Å². The predicted molar refractivity (Wildman–Crippen MR) is 109 cm³/mol. The molecule has 1 atom stereocenters. The van der Waals surface area contributed by atoms with Gasteiger partial charge < -0.3 is 14.3 Å². The summed E-state index contributed by atoms with van der Waals surface area (Å²) in [7, 11) is 0.